The fourth-order valence-electron chi connectivity index (χ4n) is 3.34. The van der Waals surface area contributed by atoms with E-state index in [0.29, 0.717) is 17.5 Å². The van der Waals surface area contributed by atoms with Crippen LogP contribution < -0.4 is 0 Å². The molecule has 0 unspecified atom stereocenters. The van der Waals surface area contributed by atoms with E-state index in [-0.39, 0.29) is 11.7 Å². The maximum Gasteiger partial charge on any atom is 0.433 e. The van der Waals surface area contributed by atoms with Crippen molar-refractivity contribution >= 4 is 23.7 Å². The fraction of sp³-hybridized carbons (Fsp3) is 0.300. The topological polar surface area (TPSA) is 90.2 Å². The molecule has 8 nitrogen and oxygen atoms in total. The summed E-state index contributed by atoms with van der Waals surface area (Å²) in [6.07, 6.45) is 5.22. The second-order valence-electron chi connectivity index (χ2n) is 6.90. The molecule has 0 spiro atoms. The van der Waals surface area contributed by atoms with Crippen LogP contribution in [0.3, 0.4) is 0 Å². The van der Waals surface area contributed by atoms with Crippen molar-refractivity contribution in [1.29, 1.82) is 0 Å². The van der Waals surface area contributed by atoms with E-state index in [1.54, 1.807) is 23.6 Å². The summed E-state index contributed by atoms with van der Waals surface area (Å²) in [4.78, 5) is 12.5. The number of piperidine rings is 1. The monoisotopic (exact) mass is 429 g/mol. The number of aromatic nitrogens is 3. The van der Waals surface area contributed by atoms with E-state index in [1.165, 1.54) is 55.3 Å². The number of thioether (sulfide) groups is 1. The van der Waals surface area contributed by atoms with Crippen molar-refractivity contribution in [3.63, 3.8) is 0 Å². The van der Waals surface area contributed by atoms with Gasteiger partial charge in [0.15, 0.2) is 11.0 Å². The van der Waals surface area contributed by atoms with Crippen LogP contribution in [0.1, 0.15) is 30.8 Å². The first-order valence-corrected chi connectivity index (χ1v) is 10.5. The third kappa shape index (κ3) is 4.77. The molecule has 1 aliphatic rings. The van der Waals surface area contributed by atoms with E-state index in [9.17, 15) is 14.5 Å². The van der Waals surface area contributed by atoms with Crippen molar-refractivity contribution in [2.24, 2.45) is 0 Å². The second-order valence-corrected chi connectivity index (χ2v) is 7.77. The maximum atomic E-state index is 13.4. The first-order chi connectivity index (χ1) is 14.6. The summed E-state index contributed by atoms with van der Waals surface area (Å²) in [7, 11) is 0. The molecule has 3 heterocycles. The Labute approximate surface area is 176 Å². The number of likely N-dealkylation sites (tertiary alicyclic amines) is 1. The molecule has 156 valence electrons. The zero-order valence-electron chi connectivity index (χ0n) is 16.1. The number of rotatable bonds is 7. The third-order valence-corrected chi connectivity index (χ3v) is 5.54. The highest BCUT2D eigenvalue weighted by Gasteiger charge is 2.18. The molecule has 0 amide bonds. The molecule has 0 bridgehead atoms. The Hall–Kier alpha value is -2.98. The van der Waals surface area contributed by atoms with Crippen molar-refractivity contribution in [3.05, 3.63) is 69.3 Å². The van der Waals surface area contributed by atoms with Gasteiger partial charge in [-0.05, 0) is 67.7 Å². The summed E-state index contributed by atoms with van der Waals surface area (Å²) in [6.45, 7) is 2.71. The zero-order valence-corrected chi connectivity index (χ0v) is 16.9. The average molecular weight is 429 g/mol. The molecule has 4 rings (SSSR count). The van der Waals surface area contributed by atoms with Crippen molar-refractivity contribution in [3.8, 4) is 5.69 Å². The van der Waals surface area contributed by atoms with E-state index in [2.05, 4.69) is 15.1 Å². The van der Waals surface area contributed by atoms with Gasteiger partial charge in [0.2, 0.25) is 0 Å². The molecular formula is C20H20FN5O3S. The summed E-state index contributed by atoms with van der Waals surface area (Å²) >= 11 is 1.31. The van der Waals surface area contributed by atoms with E-state index in [4.69, 9.17) is 4.42 Å². The fourth-order valence-corrected chi connectivity index (χ4v) is 4.07. The van der Waals surface area contributed by atoms with Crippen LogP contribution in [0.5, 0.6) is 0 Å². The van der Waals surface area contributed by atoms with Gasteiger partial charge in [0.05, 0.1) is 12.6 Å². The highest BCUT2D eigenvalue weighted by molar-refractivity contribution is 8.02. The Morgan fingerprint density at radius 2 is 1.90 bits per heavy atom. The van der Waals surface area contributed by atoms with Crippen LogP contribution in [0, 0.1) is 15.9 Å². The highest BCUT2D eigenvalue weighted by atomic mass is 32.2. The highest BCUT2D eigenvalue weighted by Crippen LogP contribution is 2.26. The van der Waals surface area contributed by atoms with Crippen molar-refractivity contribution in [1.82, 2.24) is 19.7 Å². The lowest BCUT2D eigenvalue weighted by molar-refractivity contribution is -0.402. The molecule has 1 aliphatic heterocycles. The van der Waals surface area contributed by atoms with Crippen molar-refractivity contribution in [2.75, 3.05) is 13.1 Å². The number of halogens is 1. The quantitative estimate of drug-likeness (QED) is 0.307. The second kappa shape index (κ2) is 9.23. The molecule has 3 aromatic rings. The van der Waals surface area contributed by atoms with E-state index >= 15 is 0 Å². The predicted molar refractivity (Wildman–Crippen MR) is 111 cm³/mol. The standard InChI is InChI=1S/C20H20FN5O3S/c21-15-4-6-16(7-5-15)25-18(14-24-11-2-1-3-12-24)22-23-20(25)30-13-10-17-8-9-19(29-17)26(27)28/h4-10,13H,1-3,11-12,14H2/b13-10+. The normalized spacial score (nSPS) is 15.1. The van der Waals surface area contributed by atoms with Gasteiger partial charge in [-0.15, -0.1) is 10.2 Å². The minimum Gasteiger partial charge on any atom is -0.401 e. The van der Waals surface area contributed by atoms with Crippen LogP contribution in [0.25, 0.3) is 11.8 Å². The van der Waals surface area contributed by atoms with Gasteiger partial charge >= 0.3 is 5.88 Å². The van der Waals surface area contributed by atoms with Crippen LogP contribution in [0.4, 0.5) is 10.3 Å². The summed E-state index contributed by atoms with van der Waals surface area (Å²) in [6, 6.07) is 9.05. The van der Waals surface area contributed by atoms with E-state index in [0.717, 1.165) is 24.6 Å². The molecular weight excluding hydrogens is 409 g/mol. The van der Waals surface area contributed by atoms with Crippen LogP contribution in [0.15, 0.2) is 51.4 Å². The van der Waals surface area contributed by atoms with Crippen LogP contribution in [0.2, 0.25) is 0 Å². The number of nitro groups is 1. The number of hydrogen-bond donors (Lipinski definition) is 0. The number of benzene rings is 1. The Balaban J connectivity index is 1.57. The first kappa shape index (κ1) is 20.3. The summed E-state index contributed by atoms with van der Waals surface area (Å²) < 4.78 is 20.5. The van der Waals surface area contributed by atoms with Gasteiger partial charge in [-0.1, -0.05) is 18.2 Å². The molecule has 1 saturated heterocycles. The lowest BCUT2D eigenvalue weighted by Gasteiger charge is -2.26. The van der Waals surface area contributed by atoms with Gasteiger partial charge < -0.3 is 4.42 Å². The molecule has 0 aliphatic carbocycles. The Kier molecular flexibility index (Phi) is 6.24. The van der Waals surface area contributed by atoms with Gasteiger partial charge in [-0.3, -0.25) is 19.6 Å². The van der Waals surface area contributed by atoms with Gasteiger partial charge in [-0.2, -0.15) is 0 Å². The summed E-state index contributed by atoms with van der Waals surface area (Å²) in [5.74, 6) is 0.541. The molecule has 30 heavy (non-hydrogen) atoms. The SMILES string of the molecule is O=[N+]([O-])c1ccc(/C=C/Sc2nnc(CN3CCCCC3)n2-c2ccc(F)cc2)o1. The Bertz CT molecular complexity index is 1040. The third-order valence-electron chi connectivity index (χ3n) is 4.80. The average Bonchev–Trinajstić information content (AvgIpc) is 3.37. The first-order valence-electron chi connectivity index (χ1n) is 9.60. The largest absolute Gasteiger partial charge is 0.433 e. The lowest BCUT2D eigenvalue weighted by Crippen LogP contribution is -2.30. The Morgan fingerprint density at radius 3 is 2.60 bits per heavy atom. The molecule has 1 fully saturated rings. The molecule has 0 atom stereocenters. The van der Waals surface area contributed by atoms with Crippen molar-refractivity contribution < 1.29 is 13.7 Å². The lowest BCUT2D eigenvalue weighted by atomic mass is 10.1. The van der Waals surface area contributed by atoms with Crippen LogP contribution in [-0.4, -0.2) is 37.7 Å². The minimum absolute atomic E-state index is 0.307. The molecule has 10 heteroatoms. The van der Waals surface area contributed by atoms with Crippen LogP contribution >= 0.6 is 11.8 Å². The zero-order chi connectivity index (χ0) is 20.9. The van der Waals surface area contributed by atoms with E-state index < -0.39 is 4.92 Å². The molecule has 0 N–H and O–H groups in total. The number of nitrogens with zero attached hydrogens (tertiary/aromatic N) is 5. The Morgan fingerprint density at radius 1 is 1.13 bits per heavy atom. The van der Waals surface area contributed by atoms with Crippen LogP contribution in [-0.2, 0) is 6.54 Å². The van der Waals surface area contributed by atoms with Gasteiger partial charge in [0, 0.05) is 5.69 Å². The van der Waals surface area contributed by atoms with Gasteiger partial charge in [0.25, 0.3) is 0 Å². The number of hydrogen-bond acceptors (Lipinski definition) is 7. The maximum absolute atomic E-state index is 13.4. The van der Waals surface area contributed by atoms with Gasteiger partial charge in [0.1, 0.15) is 16.5 Å². The molecule has 0 radical (unpaired) electrons. The summed E-state index contributed by atoms with van der Waals surface area (Å²) in [5.41, 5.74) is 0.776. The summed E-state index contributed by atoms with van der Waals surface area (Å²) in [5, 5.41) is 21.8. The molecule has 1 aromatic carbocycles. The van der Waals surface area contributed by atoms with Gasteiger partial charge in [-0.25, -0.2) is 4.39 Å². The minimum atomic E-state index is -0.581. The number of furan rings is 1. The van der Waals surface area contributed by atoms with E-state index in [1.807, 2.05) is 4.57 Å². The molecule has 2 aromatic heterocycles. The smallest absolute Gasteiger partial charge is 0.401 e. The van der Waals surface area contributed by atoms with Crippen molar-refractivity contribution in [2.45, 2.75) is 31.0 Å². The molecule has 0 saturated carbocycles. The predicted octanol–water partition coefficient (Wildman–Crippen LogP) is 4.66.